The van der Waals surface area contributed by atoms with Gasteiger partial charge in [-0.3, -0.25) is 0 Å². The van der Waals surface area contributed by atoms with Gasteiger partial charge in [0.1, 0.15) is 0 Å². The summed E-state index contributed by atoms with van der Waals surface area (Å²) < 4.78 is 0. The smallest absolute Gasteiger partial charge is 0.0464 e. The second kappa shape index (κ2) is 21.9. The Morgan fingerprint density at radius 1 is 0.219 bits per heavy atom. The van der Waals surface area contributed by atoms with Crippen molar-refractivity contribution in [1.82, 2.24) is 0 Å². The molecule has 3 nitrogen and oxygen atoms in total. The minimum absolute atomic E-state index is 0.982. The monoisotopic (exact) mass is 948 g/mol. The zero-order chi connectivity index (χ0) is 50.3. The molecule has 0 unspecified atom stereocenters. The van der Waals surface area contributed by atoms with Crippen LogP contribution in [0.1, 0.15) is 61.1 Å². The lowest BCUT2D eigenvalue weighted by Crippen LogP contribution is -2.10. The van der Waals surface area contributed by atoms with Gasteiger partial charge < -0.3 is 14.7 Å². The van der Waals surface area contributed by atoms with Crippen LogP contribution in [0.15, 0.2) is 237 Å². The van der Waals surface area contributed by atoms with Gasteiger partial charge in [-0.15, -0.1) is 0 Å². The first-order valence-corrected chi connectivity index (χ1v) is 26.1. The summed E-state index contributed by atoms with van der Waals surface area (Å²) in [5, 5.41) is 0. The van der Waals surface area contributed by atoms with E-state index in [1.165, 1.54) is 33.4 Å². The first kappa shape index (κ1) is 48.2. The summed E-state index contributed by atoms with van der Waals surface area (Å²) in [7, 11) is 0. The molecule has 0 aliphatic heterocycles. The van der Waals surface area contributed by atoms with Crippen molar-refractivity contribution in [2.75, 3.05) is 14.7 Å². The zero-order valence-corrected chi connectivity index (χ0v) is 43.2. The summed E-state index contributed by atoms with van der Waals surface area (Å²) in [5.74, 6) is 0. The second-order valence-electron chi connectivity index (χ2n) is 19.2. The highest BCUT2D eigenvalue weighted by atomic mass is 15.2. The lowest BCUT2D eigenvalue weighted by atomic mass is 9.93. The van der Waals surface area contributed by atoms with E-state index in [4.69, 9.17) is 0 Å². The van der Waals surface area contributed by atoms with Gasteiger partial charge in [0.25, 0.3) is 0 Å². The molecule has 0 aliphatic rings. The Bertz CT molecular complexity index is 3180. The van der Waals surface area contributed by atoms with Crippen LogP contribution in [0.4, 0.5) is 51.2 Å². The second-order valence-corrected chi connectivity index (χ2v) is 19.2. The zero-order valence-electron chi connectivity index (χ0n) is 43.2. The first-order valence-electron chi connectivity index (χ1n) is 26.1. The summed E-state index contributed by atoms with van der Waals surface area (Å²) in [6.07, 6.45) is 3.93. The van der Waals surface area contributed by atoms with E-state index in [0.29, 0.717) is 0 Å². The van der Waals surface area contributed by atoms with Crippen LogP contribution >= 0.6 is 0 Å². The Balaban J connectivity index is 1.07. The fourth-order valence-corrected chi connectivity index (χ4v) is 10.1. The molecule has 0 fully saturated rings. The van der Waals surface area contributed by atoms with Crippen LogP contribution in [0.25, 0.3) is 33.4 Å². The molecule has 0 saturated carbocycles. The van der Waals surface area contributed by atoms with Crippen molar-refractivity contribution in [2.24, 2.45) is 0 Å². The molecule has 360 valence electrons. The molecule has 0 bridgehead atoms. The quantitative estimate of drug-likeness (QED) is 0.0956. The SMILES string of the molecule is CCc1cccc(N(c2ccc(-c3cc(-c4ccc(N(c5cccc(C)c5)c5cccc(C)c5)cc4)cc(-c4ccc(N(c5cccc(CC)c5)c5cccc(CC)c5)cc4)c3)cc2)c2cccc(CC)c2)c1. The first-order chi connectivity index (χ1) is 35.8. The number of rotatable bonds is 16. The van der Waals surface area contributed by atoms with Crippen LogP contribution in [-0.2, 0) is 25.7 Å². The Hall–Kier alpha value is -8.40. The molecule has 0 atom stereocenters. The van der Waals surface area contributed by atoms with E-state index in [-0.39, 0.29) is 0 Å². The van der Waals surface area contributed by atoms with Crippen LogP contribution in [0.5, 0.6) is 0 Å². The maximum Gasteiger partial charge on any atom is 0.0464 e. The molecule has 0 saturated heterocycles. The normalized spacial score (nSPS) is 11.1. The molecule has 10 rings (SSSR count). The Kier molecular flexibility index (Phi) is 14.5. The predicted octanol–water partition coefficient (Wildman–Crippen LogP) is 20.0. The molecule has 73 heavy (non-hydrogen) atoms. The number of hydrogen-bond donors (Lipinski definition) is 0. The van der Waals surface area contributed by atoms with Gasteiger partial charge in [0.2, 0.25) is 0 Å². The van der Waals surface area contributed by atoms with Crippen molar-refractivity contribution in [3.63, 3.8) is 0 Å². The largest absolute Gasteiger partial charge is 0.310 e. The van der Waals surface area contributed by atoms with Gasteiger partial charge in [0.15, 0.2) is 0 Å². The topological polar surface area (TPSA) is 9.72 Å². The molecule has 0 aliphatic carbocycles. The van der Waals surface area contributed by atoms with E-state index in [9.17, 15) is 0 Å². The fourth-order valence-electron chi connectivity index (χ4n) is 10.1. The van der Waals surface area contributed by atoms with E-state index < -0.39 is 0 Å². The third-order valence-corrected chi connectivity index (χ3v) is 14.1. The van der Waals surface area contributed by atoms with Crippen molar-refractivity contribution in [3.8, 4) is 33.4 Å². The van der Waals surface area contributed by atoms with Gasteiger partial charge >= 0.3 is 0 Å². The Morgan fingerprint density at radius 3 is 0.685 bits per heavy atom. The minimum Gasteiger partial charge on any atom is -0.310 e. The van der Waals surface area contributed by atoms with Gasteiger partial charge in [0, 0.05) is 51.2 Å². The molecule has 3 heteroatoms. The van der Waals surface area contributed by atoms with Crippen LogP contribution < -0.4 is 14.7 Å². The van der Waals surface area contributed by atoms with E-state index in [1.807, 2.05) is 0 Å². The van der Waals surface area contributed by atoms with Crippen molar-refractivity contribution in [3.05, 3.63) is 270 Å². The fraction of sp³-hybridized carbons (Fsp3) is 0.143. The molecule has 0 heterocycles. The third kappa shape index (κ3) is 10.8. The summed E-state index contributed by atoms with van der Waals surface area (Å²) >= 11 is 0. The summed E-state index contributed by atoms with van der Waals surface area (Å²) in [6, 6.07) is 87.8. The molecule has 0 amide bonds. The Morgan fingerprint density at radius 2 is 0.452 bits per heavy atom. The predicted molar refractivity (Wildman–Crippen MR) is 314 cm³/mol. The maximum atomic E-state index is 2.39. The van der Waals surface area contributed by atoms with Crippen LogP contribution in [0.2, 0.25) is 0 Å². The van der Waals surface area contributed by atoms with Crippen LogP contribution in [0, 0.1) is 13.8 Å². The maximum absolute atomic E-state index is 2.39. The van der Waals surface area contributed by atoms with E-state index in [2.05, 4.69) is 293 Å². The van der Waals surface area contributed by atoms with Crippen molar-refractivity contribution in [1.29, 1.82) is 0 Å². The lowest BCUT2D eigenvalue weighted by Gasteiger charge is -2.27. The van der Waals surface area contributed by atoms with Gasteiger partial charge in [-0.25, -0.2) is 0 Å². The number of aryl methyl sites for hydroxylation is 6. The molecule has 10 aromatic carbocycles. The highest BCUT2D eigenvalue weighted by Crippen LogP contribution is 2.42. The van der Waals surface area contributed by atoms with E-state index in [1.54, 1.807) is 0 Å². The number of benzene rings is 10. The molecule has 0 N–H and O–H groups in total. The number of hydrogen-bond acceptors (Lipinski definition) is 3. The van der Waals surface area contributed by atoms with Gasteiger partial charge in [-0.05, 0) is 234 Å². The van der Waals surface area contributed by atoms with E-state index in [0.717, 1.165) is 110 Å². The van der Waals surface area contributed by atoms with Gasteiger partial charge in [-0.1, -0.05) is 137 Å². The highest BCUT2D eigenvalue weighted by Gasteiger charge is 2.18. The lowest BCUT2D eigenvalue weighted by molar-refractivity contribution is 1.12. The highest BCUT2D eigenvalue weighted by molar-refractivity contribution is 5.86. The molecular formula is C70H65N3. The number of anilines is 9. The van der Waals surface area contributed by atoms with Crippen molar-refractivity contribution >= 4 is 51.2 Å². The summed E-state index contributed by atoms with van der Waals surface area (Å²) in [5.41, 5.74) is 25.0. The van der Waals surface area contributed by atoms with Crippen LogP contribution in [-0.4, -0.2) is 0 Å². The average molecular weight is 948 g/mol. The standard InChI is InChI=1S/C70H65N3/c1-7-52-19-13-25-67(43-52)72(68-26-14-20-53(8-2)44-68)63-37-31-57(32-38-63)60-47-59(56-29-35-62(36-30-56)71(65-23-11-17-50(5)41-65)66-24-12-18-51(6)42-66)48-61(49-60)58-33-39-64(40-34-58)73(69-27-15-21-54(9-3)45-69)70-28-16-22-55(10-4)46-70/h11-49H,7-10H2,1-6H3. The molecule has 0 radical (unpaired) electrons. The molecule has 0 spiro atoms. The van der Waals surface area contributed by atoms with Crippen LogP contribution in [0.3, 0.4) is 0 Å². The van der Waals surface area contributed by atoms with E-state index >= 15 is 0 Å². The average Bonchev–Trinajstić information content (AvgIpc) is 3.44. The molecular weight excluding hydrogens is 883 g/mol. The minimum atomic E-state index is 0.982. The summed E-state index contributed by atoms with van der Waals surface area (Å²) in [6.45, 7) is 13.2. The molecule has 0 aromatic heterocycles. The summed E-state index contributed by atoms with van der Waals surface area (Å²) in [4.78, 5) is 7.14. The van der Waals surface area contributed by atoms with Gasteiger partial charge in [-0.2, -0.15) is 0 Å². The molecule has 10 aromatic rings. The van der Waals surface area contributed by atoms with Gasteiger partial charge in [0.05, 0.1) is 0 Å². The third-order valence-electron chi connectivity index (χ3n) is 14.1. The van der Waals surface area contributed by atoms with Crippen molar-refractivity contribution in [2.45, 2.75) is 67.2 Å². The Labute approximate surface area is 434 Å². The van der Waals surface area contributed by atoms with Crippen molar-refractivity contribution < 1.29 is 0 Å². The number of nitrogens with zero attached hydrogens (tertiary/aromatic N) is 3.